The molecule has 3 aromatic rings. The zero-order chi connectivity index (χ0) is 22.9. The summed E-state index contributed by atoms with van der Waals surface area (Å²) in [6.07, 6.45) is 1.71. The molecule has 0 aliphatic rings. The van der Waals surface area contributed by atoms with E-state index in [0.717, 1.165) is 5.56 Å². The topological polar surface area (TPSA) is 91.7 Å². The second kappa shape index (κ2) is 10.9. The molecule has 0 saturated heterocycles. The molecule has 0 spiro atoms. The Hall–Kier alpha value is -3.87. The lowest BCUT2D eigenvalue weighted by molar-refractivity contribution is -0.118. The highest BCUT2D eigenvalue weighted by atomic mass is 16.3. The maximum absolute atomic E-state index is 13.1. The van der Waals surface area contributed by atoms with Gasteiger partial charge in [-0.1, -0.05) is 36.4 Å². The molecule has 166 valence electrons. The summed E-state index contributed by atoms with van der Waals surface area (Å²) in [5.74, 6) is -0.835. The molecule has 1 aromatic heterocycles. The molecule has 3 rings (SSSR count). The van der Waals surface area contributed by atoms with Gasteiger partial charge in [0, 0.05) is 30.8 Å². The predicted molar refractivity (Wildman–Crippen MR) is 122 cm³/mol. The van der Waals surface area contributed by atoms with Crippen LogP contribution in [-0.4, -0.2) is 41.8 Å². The van der Waals surface area contributed by atoms with Gasteiger partial charge in [-0.15, -0.1) is 0 Å². The number of nitrogens with one attached hydrogen (secondary N) is 2. The summed E-state index contributed by atoms with van der Waals surface area (Å²) in [5, 5.41) is 5.57. The molecule has 3 amide bonds. The summed E-state index contributed by atoms with van der Waals surface area (Å²) < 4.78 is 5.14. The maximum atomic E-state index is 13.1. The van der Waals surface area contributed by atoms with Crippen molar-refractivity contribution in [3.8, 4) is 0 Å². The smallest absolute Gasteiger partial charge is 0.287 e. The summed E-state index contributed by atoms with van der Waals surface area (Å²) in [6, 6.07) is 18.5. The van der Waals surface area contributed by atoms with E-state index >= 15 is 0 Å². The molecule has 2 N–H and O–H groups in total. The van der Waals surface area contributed by atoms with Crippen LogP contribution in [0.25, 0.3) is 0 Å². The van der Waals surface area contributed by atoms with Crippen LogP contribution in [-0.2, 0) is 11.2 Å². The van der Waals surface area contributed by atoms with Crippen LogP contribution >= 0.6 is 0 Å². The summed E-state index contributed by atoms with van der Waals surface area (Å²) in [4.78, 5) is 40.0. The number of anilines is 1. The summed E-state index contributed by atoms with van der Waals surface area (Å²) >= 11 is 0. The molecule has 2 aromatic carbocycles. The van der Waals surface area contributed by atoms with Crippen molar-refractivity contribution in [2.24, 2.45) is 0 Å². The number of hydrogen-bond donors (Lipinski definition) is 2. The average Bonchev–Trinajstić information content (AvgIpc) is 3.35. The van der Waals surface area contributed by atoms with Crippen LogP contribution in [0.3, 0.4) is 0 Å². The minimum absolute atomic E-state index is 0.0990. The number of carbonyl (C=O) groups excluding carboxylic acids is 3. The molecular weight excluding hydrogens is 406 g/mol. The van der Waals surface area contributed by atoms with E-state index in [1.807, 2.05) is 44.2 Å². The van der Waals surface area contributed by atoms with Gasteiger partial charge in [0.2, 0.25) is 5.91 Å². The highest BCUT2D eigenvalue weighted by Crippen LogP contribution is 2.15. The van der Waals surface area contributed by atoms with Gasteiger partial charge in [-0.05, 0) is 49.7 Å². The zero-order valence-electron chi connectivity index (χ0n) is 18.2. The van der Waals surface area contributed by atoms with E-state index in [1.165, 1.54) is 12.3 Å². The Balaban J connectivity index is 1.78. The fourth-order valence-corrected chi connectivity index (χ4v) is 3.35. The van der Waals surface area contributed by atoms with E-state index in [2.05, 4.69) is 10.6 Å². The van der Waals surface area contributed by atoms with Crippen molar-refractivity contribution in [2.45, 2.75) is 26.3 Å². The lowest BCUT2D eigenvalue weighted by Crippen LogP contribution is -2.45. The Kier molecular flexibility index (Phi) is 7.80. The highest BCUT2D eigenvalue weighted by molar-refractivity contribution is 6.01. The minimum atomic E-state index is -0.836. The third kappa shape index (κ3) is 5.85. The molecule has 0 aliphatic heterocycles. The van der Waals surface area contributed by atoms with Crippen LogP contribution in [0.2, 0.25) is 0 Å². The first-order valence-electron chi connectivity index (χ1n) is 10.6. The van der Waals surface area contributed by atoms with Gasteiger partial charge in [-0.3, -0.25) is 14.4 Å². The van der Waals surface area contributed by atoms with Crippen molar-refractivity contribution in [1.82, 2.24) is 10.2 Å². The van der Waals surface area contributed by atoms with Crippen LogP contribution in [0.1, 0.15) is 40.3 Å². The monoisotopic (exact) mass is 433 g/mol. The van der Waals surface area contributed by atoms with Crippen molar-refractivity contribution >= 4 is 23.4 Å². The molecule has 32 heavy (non-hydrogen) atoms. The lowest BCUT2D eigenvalue weighted by atomic mass is 10.0. The average molecular weight is 434 g/mol. The highest BCUT2D eigenvalue weighted by Gasteiger charge is 2.23. The molecule has 0 fully saturated rings. The first kappa shape index (κ1) is 22.8. The Labute approximate surface area is 187 Å². The SMILES string of the molecule is CCN(CC)C(=O)c1cccc(NC(=O)C(Cc2ccccc2)NC(=O)c2ccco2)c1. The predicted octanol–water partition coefficient (Wildman–Crippen LogP) is 3.74. The van der Waals surface area contributed by atoms with E-state index in [0.29, 0.717) is 30.8 Å². The van der Waals surface area contributed by atoms with Crippen LogP contribution in [0.15, 0.2) is 77.4 Å². The van der Waals surface area contributed by atoms with Gasteiger partial charge in [-0.25, -0.2) is 0 Å². The fraction of sp³-hybridized carbons (Fsp3) is 0.240. The first-order valence-corrected chi connectivity index (χ1v) is 10.6. The lowest BCUT2D eigenvalue weighted by Gasteiger charge is -2.20. The number of carbonyl (C=O) groups is 3. The zero-order valence-corrected chi connectivity index (χ0v) is 18.2. The molecule has 0 saturated carbocycles. The number of hydrogen-bond acceptors (Lipinski definition) is 4. The van der Waals surface area contributed by atoms with E-state index in [-0.39, 0.29) is 17.6 Å². The first-order chi connectivity index (χ1) is 15.5. The molecular formula is C25H27N3O4. The molecule has 0 bridgehead atoms. The van der Waals surface area contributed by atoms with E-state index in [1.54, 1.807) is 35.2 Å². The Morgan fingerprint density at radius 2 is 1.69 bits per heavy atom. The standard InChI is InChI=1S/C25H27N3O4/c1-3-28(4-2)25(31)19-12-8-13-20(17-19)26-23(29)21(16-18-10-6-5-7-11-18)27-24(30)22-14-9-15-32-22/h5-15,17,21H,3-4,16H2,1-2H3,(H,26,29)(H,27,30). The quantitative estimate of drug-likeness (QED) is 0.538. The van der Waals surface area contributed by atoms with E-state index in [9.17, 15) is 14.4 Å². The summed E-state index contributed by atoms with van der Waals surface area (Å²) in [5.41, 5.74) is 1.88. The molecule has 7 heteroatoms. The molecule has 0 aliphatic carbocycles. The van der Waals surface area contributed by atoms with Crippen molar-refractivity contribution < 1.29 is 18.8 Å². The van der Waals surface area contributed by atoms with E-state index in [4.69, 9.17) is 4.42 Å². The number of furan rings is 1. The van der Waals surface area contributed by atoms with Gasteiger partial charge in [0.1, 0.15) is 6.04 Å². The number of amides is 3. The Morgan fingerprint density at radius 1 is 0.938 bits per heavy atom. The van der Waals surface area contributed by atoms with Crippen molar-refractivity contribution in [3.05, 3.63) is 89.9 Å². The van der Waals surface area contributed by atoms with Crippen molar-refractivity contribution in [2.75, 3.05) is 18.4 Å². The normalized spacial score (nSPS) is 11.4. The molecule has 1 heterocycles. The van der Waals surface area contributed by atoms with Crippen molar-refractivity contribution in [1.29, 1.82) is 0 Å². The van der Waals surface area contributed by atoms with Gasteiger partial charge >= 0.3 is 0 Å². The van der Waals surface area contributed by atoms with Gasteiger partial charge in [0.05, 0.1) is 6.26 Å². The Morgan fingerprint density at radius 3 is 2.34 bits per heavy atom. The second-order valence-corrected chi connectivity index (χ2v) is 7.24. The Bertz CT molecular complexity index is 1040. The molecule has 0 radical (unpaired) electrons. The maximum Gasteiger partial charge on any atom is 0.287 e. The number of benzene rings is 2. The third-order valence-electron chi connectivity index (χ3n) is 5.08. The number of rotatable bonds is 9. The van der Waals surface area contributed by atoms with Crippen LogP contribution in [0.5, 0.6) is 0 Å². The van der Waals surface area contributed by atoms with Crippen LogP contribution in [0.4, 0.5) is 5.69 Å². The minimum Gasteiger partial charge on any atom is -0.459 e. The second-order valence-electron chi connectivity index (χ2n) is 7.24. The van der Waals surface area contributed by atoms with Crippen LogP contribution < -0.4 is 10.6 Å². The third-order valence-corrected chi connectivity index (χ3v) is 5.08. The van der Waals surface area contributed by atoms with Gasteiger partial charge in [-0.2, -0.15) is 0 Å². The summed E-state index contributed by atoms with van der Waals surface area (Å²) in [6.45, 7) is 5.04. The van der Waals surface area contributed by atoms with E-state index < -0.39 is 11.9 Å². The largest absolute Gasteiger partial charge is 0.459 e. The van der Waals surface area contributed by atoms with Crippen LogP contribution in [0, 0.1) is 0 Å². The van der Waals surface area contributed by atoms with Gasteiger partial charge in [0.25, 0.3) is 11.8 Å². The fourth-order valence-electron chi connectivity index (χ4n) is 3.35. The molecule has 7 nitrogen and oxygen atoms in total. The molecule has 1 unspecified atom stereocenters. The number of nitrogens with zero attached hydrogens (tertiary/aromatic N) is 1. The van der Waals surface area contributed by atoms with Gasteiger partial charge in [0.15, 0.2) is 5.76 Å². The molecule has 1 atom stereocenters. The van der Waals surface area contributed by atoms with Crippen molar-refractivity contribution in [3.63, 3.8) is 0 Å². The summed E-state index contributed by atoms with van der Waals surface area (Å²) in [7, 11) is 0. The van der Waals surface area contributed by atoms with Gasteiger partial charge < -0.3 is 20.0 Å².